The van der Waals surface area contributed by atoms with Gasteiger partial charge in [0.05, 0.1) is 5.56 Å². The normalized spacial score (nSPS) is 10.6. The molecule has 3 nitrogen and oxygen atoms in total. The first kappa shape index (κ1) is 12.4. The van der Waals surface area contributed by atoms with Crippen LogP contribution >= 0.6 is 0 Å². The van der Waals surface area contributed by atoms with E-state index < -0.39 is 5.97 Å². The van der Waals surface area contributed by atoms with Crippen LogP contribution in [0.4, 0.5) is 5.69 Å². The molecule has 0 saturated heterocycles. The van der Waals surface area contributed by atoms with E-state index in [1.54, 1.807) is 6.07 Å². The van der Waals surface area contributed by atoms with E-state index in [4.69, 9.17) is 0 Å². The number of carboxylic acid groups (broad SMARTS) is 1. The Hall–Kier alpha value is -2.03. The molecule has 0 bridgehead atoms. The van der Waals surface area contributed by atoms with E-state index in [1.165, 1.54) is 0 Å². The molecule has 0 aromatic heterocycles. The highest BCUT2D eigenvalue weighted by molar-refractivity contribution is 6.07. The Morgan fingerprint density at radius 2 is 1.83 bits per heavy atom. The van der Waals surface area contributed by atoms with Crippen molar-refractivity contribution in [3.05, 3.63) is 42.0 Å². The van der Waals surface area contributed by atoms with Gasteiger partial charge in [0.2, 0.25) is 0 Å². The van der Waals surface area contributed by atoms with Gasteiger partial charge in [0.1, 0.15) is 0 Å². The molecule has 0 aliphatic rings. The lowest BCUT2D eigenvalue weighted by Gasteiger charge is -2.21. The smallest absolute Gasteiger partial charge is 0.336 e. The summed E-state index contributed by atoms with van der Waals surface area (Å²) in [6.07, 6.45) is 1.06. The van der Waals surface area contributed by atoms with E-state index in [2.05, 4.69) is 11.8 Å². The molecule has 0 aliphatic heterocycles. The largest absolute Gasteiger partial charge is 0.478 e. The SMILES string of the molecule is CCCN(C)c1ccc(C(=O)O)c2ccccc12. The molecule has 18 heavy (non-hydrogen) atoms. The number of rotatable bonds is 4. The van der Waals surface area contributed by atoms with Crippen molar-refractivity contribution in [3.8, 4) is 0 Å². The quantitative estimate of drug-likeness (QED) is 0.894. The molecule has 2 rings (SSSR count). The molecule has 0 unspecified atom stereocenters. The summed E-state index contributed by atoms with van der Waals surface area (Å²) in [6.45, 7) is 3.08. The Labute approximate surface area is 107 Å². The molecule has 3 heteroatoms. The van der Waals surface area contributed by atoms with Crippen LogP contribution in [0.3, 0.4) is 0 Å². The minimum absolute atomic E-state index is 0.360. The third kappa shape index (κ3) is 2.16. The van der Waals surface area contributed by atoms with Crippen molar-refractivity contribution in [1.82, 2.24) is 0 Å². The number of carbonyl (C=O) groups is 1. The lowest BCUT2D eigenvalue weighted by Crippen LogP contribution is -2.18. The lowest BCUT2D eigenvalue weighted by atomic mass is 10.0. The maximum Gasteiger partial charge on any atom is 0.336 e. The Balaban J connectivity index is 2.64. The summed E-state index contributed by atoms with van der Waals surface area (Å²) in [7, 11) is 2.03. The van der Waals surface area contributed by atoms with E-state index in [0.29, 0.717) is 5.56 Å². The van der Waals surface area contributed by atoms with Gasteiger partial charge in [-0.05, 0) is 23.9 Å². The van der Waals surface area contributed by atoms with Gasteiger partial charge in [-0.3, -0.25) is 0 Å². The fourth-order valence-corrected chi connectivity index (χ4v) is 2.26. The number of nitrogens with zero attached hydrogens (tertiary/aromatic N) is 1. The monoisotopic (exact) mass is 243 g/mol. The van der Waals surface area contributed by atoms with Gasteiger partial charge in [-0.1, -0.05) is 31.2 Å². The topological polar surface area (TPSA) is 40.5 Å². The van der Waals surface area contributed by atoms with Crippen LogP contribution in [0, 0.1) is 0 Å². The molecule has 0 aliphatic carbocycles. The van der Waals surface area contributed by atoms with Gasteiger partial charge in [-0.25, -0.2) is 4.79 Å². The zero-order chi connectivity index (χ0) is 13.1. The lowest BCUT2D eigenvalue weighted by molar-refractivity contribution is 0.0699. The van der Waals surface area contributed by atoms with Gasteiger partial charge in [-0.15, -0.1) is 0 Å². The van der Waals surface area contributed by atoms with Crippen molar-refractivity contribution in [2.45, 2.75) is 13.3 Å². The molecule has 94 valence electrons. The minimum Gasteiger partial charge on any atom is -0.478 e. The summed E-state index contributed by atoms with van der Waals surface area (Å²) in [5.41, 5.74) is 1.44. The van der Waals surface area contributed by atoms with Crippen LogP contribution in [0.5, 0.6) is 0 Å². The van der Waals surface area contributed by atoms with Gasteiger partial charge >= 0.3 is 5.97 Å². The van der Waals surface area contributed by atoms with E-state index >= 15 is 0 Å². The highest BCUT2D eigenvalue weighted by atomic mass is 16.4. The Kier molecular flexibility index (Phi) is 3.51. The van der Waals surface area contributed by atoms with Gasteiger partial charge in [0.25, 0.3) is 0 Å². The summed E-state index contributed by atoms with van der Waals surface area (Å²) in [4.78, 5) is 13.4. The van der Waals surface area contributed by atoms with E-state index in [0.717, 1.165) is 29.4 Å². The first-order valence-electron chi connectivity index (χ1n) is 6.11. The summed E-state index contributed by atoms with van der Waals surface area (Å²) < 4.78 is 0. The standard InChI is InChI=1S/C15H17NO2/c1-3-10-16(2)14-9-8-13(15(17)18)11-6-4-5-7-12(11)14/h4-9H,3,10H2,1-2H3,(H,17,18). The van der Waals surface area contributed by atoms with Crippen LogP contribution in [0.2, 0.25) is 0 Å². The number of aromatic carboxylic acids is 1. The minimum atomic E-state index is -0.879. The summed E-state index contributed by atoms with van der Waals surface area (Å²) in [5, 5.41) is 11.0. The number of benzene rings is 2. The average Bonchev–Trinajstić information content (AvgIpc) is 2.37. The maximum atomic E-state index is 11.2. The number of carboxylic acids is 1. The fourth-order valence-electron chi connectivity index (χ4n) is 2.26. The zero-order valence-corrected chi connectivity index (χ0v) is 10.7. The van der Waals surface area contributed by atoms with Crippen LogP contribution in [-0.4, -0.2) is 24.7 Å². The van der Waals surface area contributed by atoms with E-state index in [1.807, 2.05) is 37.4 Å². The third-order valence-corrected chi connectivity index (χ3v) is 3.10. The predicted octanol–water partition coefficient (Wildman–Crippen LogP) is 3.38. The number of hydrogen-bond acceptors (Lipinski definition) is 2. The van der Waals surface area contributed by atoms with Gasteiger partial charge < -0.3 is 10.0 Å². The van der Waals surface area contributed by atoms with Crippen molar-refractivity contribution in [3.63, 3.8) is 0 Å². The predicted molar refractivity (Wildman–Crippen MR) is 74.5 cm³/mol. The second-order valence-electron chi connectivity index (χ2n) is 4.40. The fraction of sp³-hybridized carbons (Fsp3) is 0.267. The van der Waals surface area contributed by atoms with Crippen LogP contribution in [0.25, 0.3) is 10.8 Å². The van der Waals surface area contributed by atoms with Crippen molar-refractivity contribution >= 4 is 22.4 Å². The van der Waals surface area contributed by atoms with Crippen LogP contribution < -0.4 is 4.90 Å². The highest BCUT2D eigenvalue weighted by Gasteiger charge is 2.12. The Bertz CT molecular complexity index is 578. The Morgan fingerprint density at radius 1 is 1.17 bits per heavy atom. The molecule has 2 aromatic rings. The molecule has 0 saturated carbocycles. The number of fused-ring (bicyclic) bond motifs is 1. The second-order valence-corrected chi connectivity index (χ2v) is 4.40. The van der Waals surface area contributed by atoms with Crippen molar-refractivity contribution < 1.29 is 9.90 Å². The molecule has 0 spiro atoms. The van der Waals surface area contributed by atoms with Gasteiger partial charge in [-0.2, -0.15) is 0 Å². The molecular formula is C15H17NO2. The molecule has 0 atom stereocenters. The molecule has 0 fully saturated rings. The van der Waals surface area contributed by atoms with Gasteiger partial charge in [0.15, 0.2) is 0 Å². The highest BCUT2D eigenvalue weighted by Crippen LogP contribution is 2.29. The second kappa shape index (κ2) is 5.08. The molecule has 0 amide bonds. The summed E-state index contributed by atoms with van der Waals surface area (Å²) in [6, 6.07) is 11.2. The zero-order valence-electron chi connectivity index (χ0n) is 10.7. The summed E-state index contributed by atoms with van der Waals surface area (Å²) >= 11 is 0. The van der Waals surface area contributed by atoms with E-state index in [9.17, 15) is 9.90 Å². The molecular weight excluding hydrogens is 226 g/mol. The van der Waals surface area contributed by atoms with Crippen LogP contribution in [0.15, 0.2) is 36.4 Å². The van der Waals surface area contributed by atoms with E-state index in [-0.39, 0.29) is 0 Å². The third-order valence-electron chi connectivity index (χ3n) is 3.10. The molecule has 1 N–H and O–H groups in total. The number of anilines is 1. The summed E-state index contributed by atoms with van der Waals surface area (Å²) in [5.74, 6) is -0.879. The van der Waals surface area contributed by atoms with Crippen LogP contribution in [-0.2, 0) is 0 Å². The maximum absolute atomic E-state index is 11.2. The first-order chi connectivity index (χ1) is 8.65. The van der Waals surface area contributed by atoms with Crippen molar-refractivity contribution in [1.29, 1.82) is 0 Å². The average molecular weight is 243 g/mol. The molecule has 2 aromatic carbocycles. The van der Waals surface area contributed by atoms with Crippen LogP contribution in [0.1, 0.15) is 23.7 Å². The first-order valence-corrected chi connectivity index (χ1v) is 6.11. The van der Waals surface area contributed by atoms with Crippen molar-refractivity contribution in [2.75, 3.05) is 18.5 Å². The number of hydrogen-bond donors (Lipinski definition) is 1. The Morgan fingerprint density at radius 3 is 2.44 bits per heavy atom. The molecule has 0 radical (unpaired) electrons. The molecule has 0 heterocycles. The van der Waals surface area contributed by atoms with Gasteiger partial charge in [0, 0.05) is 24.7 Å². The van der Waals surface area contributed by atoms with Crippen molar-refractivity contribution in [2.24, 2.45) is 0 Å².